The van der Waals surface area contributed by atoms with E-state index < -0.39 is 5.66 Å². The highest BCUT2D eigenvalue weighted by atomic mass is 16.2. The minimum atomic E-state index is -0.600. The first-order valence-electron chi connectivity index (χ1n) is 10.1. The summed E-state index contributed by atoms with van der Waals surface area (Å²) < 4.78 is 0. The van der Waals surface area contributed by atoms with Gasteiger partial charge in [0.25, 0.3) is 5.91 Å². The number of hydrogen-bond donors (Lipinski definition) is 0. The summed E-state index contributed by atoms with van der Waals surface area (Å²) in [5.41, 5.74) is 3.39. The van der Waals surface area contributed by atoms with E-state index in [-0.39, 0.29) is 5.91 Å². The van der Waals surface area contributed by atoms with Crippen LogP contribution in [0.2, 0.25) is 0 Å². The first-order valence-corrected chi connectivity index (χ1v) is 10.1. The number of para-hydroxylation sites is 1. The molecule has 1 fully saturated rings. The number of carbonyl (C=O) groups is 1. The molecule has 5 rings (SSSR count). The van der Waals surface area contributed by atoms with E-state index in [2.05, 4.69) is 41.3 Å². The number of fused-ring (bicyclic) bond motifs is 1. The molecule has 3 aromatic rings. The summed E-state index contributed by atoms with van der Waals surface area (Å²) in [6.45, 7) is 1.97. The standard InChI is InChI=1S/C25H24N2O/c28-24-22-16-8-9-17-23(22)25(20-12-4-1-5-13-20,26-18-10-3-11-19-26)27(24)21-14-6-2-7-15-21/h1-2,4-9,12-17H,3,10-11,18-19H2/t25-/m1/s1. The van der Waals surface area contributed by atoms with Gasteiger partial charge in [-0.05, 0) is 36.6 Å². The van der Waals surface area contributed by atoms with Crippen LogP contribution in [-0.4, -0.2) is 23.9 Å². The van der Waals surface area contributed by atoms with E-state index in [9.17, 15) is 4.79 Å². The molecule has 0 saturated carbocycles. The second kappa shape index (κ2) is 6.92. The fraction of sp³-hybridized carbons (Fsp3) is 0.240. The van der Waals surface area contributed by atoms with Crippen LogP contribution in [0.4, 0.5) is 5.69 Å². The summed E-state index contributed by atoms with van der Waals surface area (Å²) in [4.78, 5) is 18.3. The van der Waals surface area contributed by atoms with Gasteiger partial charge >= 0.3 is 0 Å². The van der Waals surface area contributed by atoms with Gasteiger partial charge in [0, 0.05) is 29.9 Å². The zero-order valence-corrected chi connectivity index (χ0v) is 15.9. The smallest absolute Gasteiger partial charge is 0.260 e. The van der Waals surface area contributed by atoms with Crippen molar-refractivity contribution >= 4 is 11.6 Å². The molecule has 0 aliphatic carbocycles. The number of hydrogen-bond acceptors (Lipinski definition) is 2. The Labute approximate surface area is 166 Å². The number of nitrogens with zero attached hydrogens (tertiary/aromatic N) is 2. The average molecular weight is 368 g/mol. The van der Waals surface area contributed by atoms with Crippen LogP contribution in [0, 0.1) is 0 Å². The average Bonchev–Trinajstić information content (AvgIpc) is 3.05. The molecule has 0 spiro atoms. The molecule has 28 heavy (non-hydrogen) atoms. The fourth-order valence-electron chi connectivity index (χ4n) is 4.91. The van der Waals surface area contributed by atoms with E-state index in [4.69, 9.17) is 0 Å². The van der Waals surface area contributed by atoms with E-state index in [0.29, 0.717) is 0 Å². The summed E-state index contributed by atoms with van der Waals surface area (Å²) in [5.74, 6) is 0.0798. The number of benzene rings is 3. The predicted molar refractivity (Wildman–Crippen MR) is 112 cm³/mol. The van der Waals surface area contributed by atoms with Crippen LogP contribution in [0.5, 0.6) is 0 Å². The van der Waals surface area contributed by atoms with Gasteiger partial charge in [-0.2, -0.15) is 0 Å². The summed E-state index contributed by atoms with van der Waals surface area (Å²) in [6, 6.07) is 28.8. The predicted octanol–water partition coefficient (Wildman–Crippen LogP) is 5.03. The highest BCUT2D eigenvalue weighted by Gasteiger charge is 2.55. The number of rotatable bonds is 3. The molecule has 0 radical (unpaired) electrons. The number of carbonyl (C=O) groups excluding carboxylic acids is 1. The normalized spacial score (nSPS) is 22.3. The molecular formula is C25H24N2O. The molecular weight excluding hydrogens is 344 g/mol. The Kier molecular flexibility index (Phi) is 4.25. The Morgan fingerprint density at radius 3 is 2.00 bits per heavy atom. The second-order valence-corrected chi connectivity index (χ2v) is 7.61. The number of amides is 1. The van der Waals surface area contributed by atoms with Gasteiger partial charge in [0.05, 0.1) is 0 Å². The van der Waals surface area contributed by atoms with Gasteiger partial charge in [0.2, 0.25) is 0 Å². The molecule has 1 amide bonds. The Morgan fingerprint density at radius 1 is 0.679 bits per heavy atom. The van der Waals surface area contributed by atoms with Crippen molar-refractivity contribution in [3.8, 4) is 0 Å². The van der Waals surface area contributed by atoms with Crippen LogP contribution in [-0.2, 0) is 5.66 Å². The molecule has 0 N–H and O–H groups in total. The molecule has 140 valence electrons. The van der Waals surface area contributed by atoms with Crippen molar-refractivity contribution in [3.63, 3.8) is 0 Å². The third-order valence-corrected chi connectivity index (χ3v) is 6.06. The van der Waals surface area contributed by atoms with E-state index in [1.54, 1.807) is 0 Å². The van der Waals surface area contributed by atoms with Crippen molar-refractivity contribution in [1.82, 2.24) is 4.90 Å². The third-order valence-electron chi connectivity index (χ3n) is 6.06. The Bertz CT molecular complexity index is 980. The Morgan fingerprint density at radius 2 is 1.29 bits per heavy atom. The second-order valence-electron chi connectivity index (χ2n) is 7.61. The number of anilines is 1. The highest BCUT2D eigenvalue weighted by Crippen LogP contribution is 2.49. The number of likely N-dealkylation sites (tertiary alicyclic amines) is 1. The Balaban J connectivity index is 1.83. The Hall–Kier alpha value is -2.91. The highest BCUT2D eigenvalue weighted by molar-refractivity contribution is 6.12. The maximum atomic E-state index is 13.7. The zero-order valence-electron chi connectivity index (χ0n) is 15.9. The van der Waals surface area contributed by atoms with Gasteiger partial charge in [-0.15, -0.1) is 0 Å². The molecule has 3 aromatic carbocycles. The zero-order chi connectivity index (χ0) is 19.0. The van der Waals surface area contributed by atoms with Gasteiger partial charge in [-0.3, -0.25) is 14.6 Å². The molecule has 3 heteroatoms. The quantitative estimate of drug-likeness (QED) is 0.647. The van der Waals surface area contributed by atoms with Crippen LogP contribution in [0.1, 0.15) is 40.7 Å². The SMILES string of the molecule is O=C1c2ccccc2[C@](c2ccccc2)(N2CCCCC2)N1c1ccccc1. The lowest BCUT2D eigenvalue weighted by molar-refractivity contribution is 0.0793. The molecule has 1 atom stereocenters. The van der Waals surface area contributed by atoms with Crippen LogP contribution in [0.25, 0.3) is 0 Å². The summed E-state index contributed by atoms with van der Waals surface area (Å²) in [6.07, 6.45) is 3.57. The van der Waals surface area contributed by atoms with Crippen LogP contribution >= 0.6 is 0 Å². The van der Waals surface area contributed by atoms with Crippen molar-refractivity contribution in [2.45, 2.75) is 24.9 Å². The maximum absolute atomic E-state index is 13.7. The van der Waals surface area contributed by atoms with E-state index in [1.165, 1.54) is 6.42 Å². The molecule has 1 saturated heterocycles. The van der Waals surface area contributed by atoms with Crippen LogP contribution < -0.4 is 4.90 Å². The first kappa shape index (κ1) is 17.2. The first-order chi connectivity index (χ1) is 13.8. The molecule has 0 bridgehead atoms. The van der Waals surface area contributed by atoms with Crippen LogP contribution in [0.15, 0.2) is 84.9 Å². The summed E-state index contributed by atoms with van der Waals surface area (Å²) in [5, 5.41) is 0. The van der Waals surface area contributed by atoms with Crippen molar-refractivity contribution in [2.24, 2.45) is 0 Å². The van der Waals surface area contributed by atoms with E-state index in [1.807, 2.05) is 53.4 Å². The van der Waals surface area contributed by atoms with Gasteiger partial charge in [-0.25, -0.2) is 0 Å². The summed E-state index contributed by atoms with van der Waals surface area (Å²) in [7, 11) is 0. The largest absolute Gasteiger partial charge is 0.281 e. The van der Waals surface area contributed by atoms with E-state index in [0.717, 1.165) is 48.3 Å². The molecule has 2 aliphatic rings. The van der Waals surface area contributed by atoms with Crippen molar-refractivity contribution in [2.75, 3.05) is 18.0 Å². The van der Waals surface area contributed by atoms with Crippen LogP contribution in [0.3, 0.4) is 0 Å². The van der Waals surface area contributed by atoms with Gasteiger partial charge in [0.1, 0.15) is 0 Å². The molecule has 0 aromatic heterocycles. The summed E-state index contributed by atoms with van der Waals surface area (Å²) >= 11 is 0. The van der Waals surface area contributed by atoms with Crippen molar-refractivity contribution in [3.05, 3.63) is 102 Å². The lowest BCUT2D eigenvalue weighted by atomic mass is 9.87. The fourth-order valence-corrected chi connectivity index (χ4v) is 4.91. The molecule has 3 nitrogen and oxygen atoms in total. The van der Waals surface area contributed by atoms with Gasteiger partial charge in [0.15, 0.2) is 5.66 Å². The molecule has 2 heterocycles. The lowest BCUT2D eigenvalue weighted by Crippen LogP contribution is -2.58. The maximum Gasteiger partial charge on any atom is 0.260 e. The third kappa shape index (κ3) is 2.43. The monoisotopic (exact) mass is 368 g/mol. The number of piperidine rings is 1. The topological polar surface area (TPSA) is 23.6 Å². The van der Waals surface area contributed by atoms with Gasteiger partial charge in [-0.1, -0.05) is 73.2 Å². The molecule has 2 aliphatic heterocycles. The minimum Gasteiger partial charge on any atom is -0.281 e. The minimum absolute atomic E-state index is 0.0798. The lowest BCUT2D eigenvalue weighted by Gasteiger charge is -2.49. The van der Waals surface area contributed by atoms with Crippen molar-refractivity contribution < 1.29 is 4.79 Å². The van der Waals surface area contributed by atoms with E-state index >= 15 is 0 Å². The van der Waals surface area contributed by atoms with Gasteiger partial charge < -0.3 is 0 Å². The molecule has 0 unspecified atom stereocenters. The van der Waals surface area contributed by atoms with Crippen molar-refractivity contribution in [1.29, 1.82) is 0 Å².